The normalized spacial score (nSPS) is 16.2. The van der Waals surface area contributed by atoms with Gasteiger partial charge in [0.15, 0.2) is 0 Å². The minimum absolute atomic E-state index is 0.0176. The monoisotopic (exact) mass is 472 g/mol. The van der Waals surface area contributed by atoms with Gasteiger partial charge in [0.25, 0.3) is 0 Å². The third kappa shape index (κ3) is 4.38. The summed E-state index contributed by atoms with van der Waals surface area (Å²) < 4.78 is 11.3. The number of nitrogens with zero attached hydrogens (tertiary/aromatic N) is 1. The van der Waals surface area contributed by atoms with Crippen LogP contribution in [0.4, 0.5) is 10.5 Å². The number of anilines is 1. The van der Waals surface area contributed by atoms with Gasteiger partial charge in [-0.2, -0.15) is 0 Å². The Morgan fingerprint density at radius 3 is 2.17 bits per heavy atom. The van der Waals surface area contributed by atoms with Crippen LogP contribution in [0.5, 0.6) is 0 Å². The van der Waals surface area contributed by atoms with Gasteiger partial charge in [-0.1, -0.05) is 46.3 Å². The second-order valence-electron chi connectivity index (χ2n) is 6.31. The fourth-order valence-electron chi connectivity index (χ4n) is 3.17. The number of carbonyl (C=O) groups is 3. The molecule has 0 spiro atoms. The van der Waals surface area contributed by atoms with Gasteiger partial charge in [0.05, 0.1) is 30.5 Å². The molecule has 7 nitrogen and oxygen atoms in total. The maximum atomic E-state index is 13.1. The predicted molar refractivity (Wildman–Crippen MR) is 115 cm³/mol. The zero-order valence-corrected chi connectivity index (χ0v) is 18.1. The fourth-order valence-corrected chi connectivity index (χ4v) is 3.44. The average molecular weight is 473 g/mol. The Morgan fingerprint density at radius 1 is 0.967 bits per heavy atom. The smallest absolute Gasteiger partial charge is 0.356 e. The molecule has 1 heterocycles. The first-order chi connectivity index (χ1) is 14.5. The SMILES string of the molecule is CCOC(=O)C1=C(C(=O)OCC)N(c2ccc(Br)cc2)C(=O)N[C@@H]1c1ccccc1. The van der Waals surface area contributed by atoms with Crippen molar-refractivity contribution in [2.45, 2.75) is 19.9 Å². The molecule has 0 radical (unpaired) electrons. The molecule has 0 aromatic heterocycles. The van der Waals surface area contributed by atoms with E-state index in [9.17, 15) is 14.4 Å². The summed E-state index contributed by atoms with van der Waals surface area (Å²) in [5.74, 6) is -1.48. The van der Waals surface area contributed by atoms with Crippen LogP contribution in [0.25, 0.3) is 0 Å². The summed E-state index contributed by atoms with van der Waals surface area (Å²) in [5.41, 5.74) is 0.914. The molecule has 0 saturated heterocycles. The number of halogens is 1. The molecule has 3 rings (SSSR count). The first-order valence-electron chi connectivity index (χ1n) is 9.47. The standard InChI is InChI=1S/C22H21BrN2O5/c1-3-29-20(26)17-18(14-8-6-5-7-9-14)24-22(28)25(19(17)21(27)30-4-2)16-12-10-15(23)11-13-16/h5-13,18H,3-4H2,1-2H3,(H,24,28)/t18-/m1/s1. The highest BCUT2D eigenvalue weighted by Gasteiger charge is 2.42. The number of amides is 2. The first kappa shape index (κ1) is 21.6. The zero-order valence-electron chi connectivity index (χ0n) is 16.6. The Bertz CT molecular complexity index is 973. The van der Waals surface area contributed by atoms with Gasteiger partial charge in [0.1, 0.15) is 5.70 Å². The van der Waals surface area contributed by atoms with Gasteiger partial charge in [-0.3, -0.25) is 4.90 Å². The predicted octanol–water partition coefficient (Wildman–Crippen LogP) is 4.10. The number of esters is 2. The average Bonchev–Trinajstić information content (AvgIpc) is 2.74. The maximum absolute atomic E-state index is 13.1. The van der Waals surface area contributed by atoms with E-state index in [0.717, 1.165) is 9.37 Å². The van der Waals surface area contributed by atoms with E-state index in [2.05, 4.69) is 21.2 Å². The van der Waals surface area contributed by atoms with Crippen molar-refractivity contribution < 1.29 is 23.9 Å². The maximum Gasteiger partial charge on any atom is 0.356 e. The van der Waals surface area contributed by atoms with E-state index in [4.69, 9.17) is 9.47 Å². The van der Waals surface area contributed by atoms with E-state index in [0.29, 0.717) is 11.3 Å². The summed E-state index contributed by atoms with van der Waals surface area (Å²) in [7, 11) is 0. The number of hydrogen-bond acceptors (Lipinski definition) is 5. The van der Waals surface area contributed by atoms with Crippen molar-refractivity contribution >= 4 is 39.6 Å². The topological polar surface area (TPSA) is 84.9 Å². The molecule has 0 saturated carbocycles. The van der Waals surface area contributed by atoms with Gasteiger partial charge in [0.2, 0.25) is 0 Å². The largest absolute Gasteiger partial charge is 0.463 e. The number of rotatable bonds is 6. The molecular formula is C22H21BrN2O5. The van der Waals surface area contributed by atoms with E-state index < -0.39 is 24.0 Å². The lowest BCUT2D eigenvalue weighted by molar-refractivity contribution is -0.142. The van der Waals surface area contributed by atoms with Crippen LogP contribution >= 0.6 is 15.9 Å². The van der Waals surface area contributed by atoms with Crippen LogP contribution in [0.2, 0.25) is 0 Å². The summed E-state index contributed by atoms with van der Waals surface area (Å²) in [4.78, 5) is 40.2. The van der Waals surface area contributed by atoms with Crippen LogP contribution in [0.1, 0.15) is 25.5 Å². The Kier molecular flexibility index (Phi) is 6.89. The lowest BCUT2D eigenvalue weighted by Crippen LogP contribution is -2.51. The fraction of sp³-hybridized carbons (Fsp3) is 0.227. The molecule has 0 aliphatic carbocycles. The number of hydrogen-bond donors (Lipinski definition) is 1. The van der Waals surface area contributed by atoms with Gasteiger partial charge in [-0.05, 0) is 43.7 Å². The van der Waals surface area contributed by atoms with E-state index in [-0.39, 0.29) is 24.5 Å². The van der Waals surface area contributed by atoms with Gasteiger partial charge >= 0.3 is 18.0 Å². The van der Waals surface area contributed by atoms with Crippen LogP contribution < -0.4 is 10.2 Å². The zero-order chi connectivity index (χ0) is 21.7. The van der Waals surface area contributed by atoms with E-state index >= 15 is 0 Å². The van der Waals surface area contributed by atoms with Crippen LogP contribution in [0.15, 0.2) is 70.3 Å². The van der Waals surface area contributed by atoms with Crippen LogP contribution in [0, 0.1) is 0 Å². The first-order valence-corrected chi connectivity index (χ1v) is 10.3. The Morgan fingerprint density at radius 2 is 1.57 bits per heavy atom. The van der Waals surface area contributed by atoms with Crippen LogP contribution in [-0.2, 0) is 19.1 Å². The Hall–Kier alpha value is -3.13. The molecule has 1 aliphatic heterocycles. The number of nitrogens with one attached hydrogen (secondary N) is 1. The molecule has 1 N–H and O–H groups in total. The lowest BCUT2D eigenvalue weighted by atomic mass is 9.94. The van der Waals surface area contributed by atoms with Gasteiger partial charge in [-0.15, -0.1) is 0 Å². The van der Waals surface area contributed by atoms with E-state index in [1.165, 1.54) is 0 Å². The second kappa shape index (κ2) is 9.58. The molecule has 0 fully saturated rings. The molecule has 0 unspecified atom stereocenters. The van der Waals surface area contributed by atoms with Crippen LogP contribution in [0.3, 0.4) is 0 Å². The van der Waals surface area contributed by atoms with E-state index in [1.807, 2.05) is 6.07 Å². The van der Waals surface area contributed by atoms with Gasteiger partial charge in [0, 0.05) is 4.47 Å². The van der Waals surface area contributed by atoms with Crippen molar-refractivity contribution in [3.05, 3.63) is 75.9 Å². The van der Waals surface area contributed by atoms with Crippen molar-refractivity contribution in [1.82, 2.24) is 5.32 Å². The van der Waals surface area contributed by atoms with Crippen molar-refractivity contribution in [3.8, 4) is 0 Å². The van der Waals surface area contributed by atoms with Crippen molar-refractivity contribution in [3.63, 3.8) is 0 Å². The molecule has 2 aromatic carbocycles. The molecule has 8 heteroatoms. The molecular weight excluding hydrogens is 452 g/mol. The highest BCUT2D eigenvalue weighted by Crippen LogP contribution is 2.35. The molecule has 1 atom stereocenters. The second-order valence-corrected chi connectivity index (χ2v) is 7.22. The summed E-state index contributed by atoms with van der Waals surface area (Å²) in [6.45, 7) is 3.54. The van der Waals surface area contributed by atoms with Crippen molar-refractivity contribution in [2.24, 2.45) is 0 Å². The molecule has 2 aromatic rings. The van der Waals surface area contributed by atoms with Gasteiger partial charge in [-0.25, -0.2) is 14.4 Å². The number of carbonyl (C=O) groups excluding carboxylic acids is 3. The summed E-state index contributed by atoms with van der Waals surface area (Å²) >= 11 is 3.35. The molecule has 156 valence electrons. The minimum Gasteiger partial charge on any atom is -0.463 e. The quantitative estimate of drug-likeness (QED) is 0.639. The highest BCUT2D eigenvalue weighted by atomic mass is 79.9. The third-order valence-corrected chi connectivity index (χ3v) is 4.95. The van der Waals surface area contributed by atoms with Crippen LogP contribution in [-0.4, -0.2) is 31.2 Å². The molecule has 1 aliphatic rings. The summed E-state index contributed by atoms with van der Waals surface area (Å²) in [6.07, 6.45) is 0. The summed E-state index contributed by atoms with van der Waals surface area (Å²) in [6, 6.07) is 14.3. The number of benzene rings is 2. The summed E-state index contributed by atoms with van der Waals surface area (Å²) in [5, 5.41) is 2.82. The lowest BCUT2D eigenvalue weighted by Gasteiger charge is -2.35. The number of urea groups is 1. The molecule has 30 heavy (non-hydrogen) atoms. The highest BCUT2D eigenvalue weighted by molar-refractivity contribution is 9.10. The third-order valence-electron chi connectivity index (χ3n) is 4.42. The molecule has 0 bridgehead atoms. The molecule has 2 amide bonds. The van der Waals surface area contributed by atoms with Gasteiger partial charge < -0.3 is 14.8 Å². The Labute approximate surface area is 182 Å². The Balaban J connectivity index is 2.26. The van der Waals surface area contributed by atoms with Crippen molar-refractivity contribution in [2.75, 3.05) is 18.1 Å². The minimum atomic E-state index is -0.858. The number of ether oxygens (including phenoxy) is 2. The van der Waals surface area contributed by atoms with E-state index in [1.54, 1.807) is 62.4 Å². The van der Waals surface area contributed by atoms with Crippen molar-refractivity contribution in [1.29, 1.82) is 0 Å².